The van der Waals surface area contributed by atoms with Crippen molar-refractivity contribution in [2.75, 3.05) is 13.2 Å². The quantitative estimate of drug-likeness (QED) is 0.327. The SMILES string of the molecule is Cc1ccc(S(=O)(=O)OCCCCN=C=O)cc1. The van der Waals surface area contributed by atoms with E-state index in [1.165, 1.54) is 18.2 Å². The van der Waals surface area contributed by atoms with Crippen LogP contribution < -0.4 is 0 Å². The molecule has 0 bridgehead atoms. The molecule has 98 valence electrons. The van der Waals surface area contributed by atoms with Gasteiger partial charge in [0.15, 0.2) is 0 Å². The Kier molecular flexibility index (Phi) is 5.71. The summed E-state index contributed by atoms with van der Waals surface area (Å²) in [6.45, 7) is 2.31. The average Bonchev–Trinajstić information content (AvgIpc) is 2.34. The van der Waals surface area contributed by atoms with E-state index in [2.05, 4.69) is 4.99 Å². The molecule has 0 unspecified atom stereocenters. The fourth-order valence-electron chi connectivity index (χ4n) is 1.28. The van der Waals surface area contributed by atoms with Crippen molar-refractivity contribution in [3.8, 4) is 0 Å². The van der Waals surface area contributed by atoms with E-state index in [1.807, 2.05) is 6.92 Å². The molecule has 0 atom stereocenters. The van der Waals surface area contributed by atoms with Gasteiger partial charge in [-0.25, -0.2) is 9.79 Å². The largest absolute Gasteiger partial charge is 0.296 e. The molecule has 0 spiro atoms. The van der Waals surface area contributed by atoms with Gasteiger partial charge in [-0.3, -0.25) is 4.18 Å². The summed E-state index contributed by atoms with van der Waals surface area (Å²) in [5.41, 5.74) is 0.987. The van der Waals surface area contributed by atoms with Crippen molar-refractivity contribution in [3.05, 3.63) is 29.8 Å². The Morgan fingerprint density at radius 1 is 1.22 bits per heavy atom. The van der Waals surface area contributed by atoms with Crippen LogP contribution in [0.1, 0.15) is 18.4 Å². The fraction of sp³-hybridized carbons (Fsp3) is 0.417. The number of unbranched alkanes of at least 4 members (excludes halogenated alkanes) is 1. The Morgan fingerprint density at radius 2 is 1.89 bits per heavy atom. The summed E-state index contributed by atoms with van der Waals surface area (Å²) in [5, 5.41) is 0. The van der Waals surface area contributed by atoms with Gasteiger partial charge >= 0.3 is 0 Å². The molecule has 0 aliphatic heterocycles. The third-order valence-electron chi connectivity index (χ3n) is 2.28. The first-order valence-corrected chi connectivity index (χ1v) is 6.97. The van der Waals surface area contributed by atoms with E-state index in [-0.39, 0.29) is 11.5 Å². The molecule has 0 aliphatic carbocycles. The zero-order valence-corrected chi connectivity index (χ0v) is 10.9. The van der Waals surface area contributed by atoms with Gasteiger partial charge in [0, 0.05) is 0 Å². The Hall–Kier alpha value is -1.49. The van der Waals surface area contributed by atoms with Crippen LogP contribution in [-0.4, -0.2) is 27.6 Å². The maximum absolute atomic E-state index is 11.7. The van der Waals surface area contributed by atoms with Crippen LogP contribution in [0.3, 0.4) is 0 Å². The van der Waals surface area contributed by atoms with Crippen LogP contribution in [0.25, 0.3) is 0 Å². The molecule has 0 radical (unpaired) electrons. The van der Waals surface area contributed by atoms with Gasteiger partial charge in [0.2, 0.25) is 6.08 Å². The van der Waals surface area contributed by atoms with E-state index in [9.17, 15) is 13.2 Å². The van der Waals surface area contributed by atoms with E-state index in [0.717, 1.165) is 5.56 Å². The Balaban J connectivity index is 2.45. The molecule has 0 N–H and O–H groups in total. The highest BCUT2D eigenvalue weighted by Crippen LogP contribution is 2.13. The molecule has 18 heavy (non-hydrogen) atoms. The minimum Gasteiger partial charge on any atom is -0.266 e. The second kappa shape index (κ2) is 7.06. The first-order chi connectivity index (χ1) is 8.56. The lowest BCUT2D eigenvalue weighted by molar-refractivity contribution is 0.309. The van der Waals surface area contributed by atoms with Crippen molar-refractivity contribution in [2.45, 2.75) is 24.7 Å². The summed E-state index contributed by atoms with van der Waals surface area (Å²) < 4.78 is 28.3. The van der Waals surface area contributed by atoms with Crippen LogP contribution in [0.5, 0.6) is 0 Å². The zero-order chi connectivity index (χ0) is 13.4. The average molecular weight is 269 g/mol. The molecule has 6 heteroatoms. The number of hydrogen-bond acceptors (Lipinski definition) is 5. The van der Waals surface area contributed by atoms with Gasteiger partial charge in [0.25, 0.3) is 10.1 Å². The van der Waals surface area contributed by atoms with Gasteiger partial charge in [-0.1, -0.05) is 17.7 Å². The molecule has 1 aromatic rings. The van der Waals surface area contributed by atoms with Crippen molar-refractivity contribution in [1.29, 1.82) is 0 Å². The highest BCUT2D eigenvalue weighted by molar-refractivity contribution is 7.86. The number of nitrogens with zero attached hydrogens (tertiary/aromatic N) is 1. The highest BCUT2D eigenvalue weighted by atomic mass is 32.2. The van der Waals surface area contributed by atoms with E-state index in [1.54, 1.807) is 12.1 Å². The normalized spacial score (nSPS) is 10.9. The monoisotopic (exact) mass is 269 g/mol. The first-order valence-electron chi connectivity index (χ1n) is 5.56. The second-order valence-corrected chi connectivity index (χ2v) is 5.38. The predicted octanol–water partition coefficient (Wildman–Crippen LogP) is 1.82. The smallest absolute Gasteiger partial charge is 0.266 e. The molecule has 0 amide bonds. The van der Waals surface area contributed by atoms with Crippen LogP contribution in [0.2, 0.25) is 0 Å². The molecule has 1 aromatic carbocycles. The molecular formula is C12H15NO4S. The van der Waals surface area contributed by atoms with Crippen LogP contribution >= 0.6 is 0 Å². The molecule has 0 fully saturated rings. The lowest BCUT2D eigenvalue weighted by atomic mass is 10.2. The number of hydrogen-bond donors (Lipinski definition) is 0. The number of aliphatic imine (C=N–C) groups is 1. The highest BCUT2D eigenvalue weighted by Gasteiger charge is 2.13. The zero-order valence-electron chi connectivity index (χ0n) is 10.1. The topological polar surface area (TPSA) is 72.8 Å². The standard InChI is InChI=1S/C12H15NO4S/c1-11-4-6-12(7-5-11)18(15,16)17-9-3-2-8-13-10-14/h4-7H,2-3,8-9H2,1H3. The summed E-state index contributed by atoms with van der Waals surface area (Å²) >= 11 is 0. The van der Waals surface area contributed by atoms with Crippen molar-refractivity contribution >= 4 is 16.2 Å². The molecule has 0 aromatic heterocycles. The molecule has 5 nitrogen and oxygen atoms in total. The maximum atomic E-state index is 11.7. The van der Waals surface area contributed by atoms with Crippen molar-refractivity contribution in [1.82, 2.24) is 0 Å². The van der Waals surface area contributed by atoms with Gasteiger partial charge in [-0.2, -0.15) is 8.42 Å². The van der Waals surface area contributed by atoms with Crippen LogP contribution in [-0.2, 0) is 19.1 Å². The molecular weight excluding hydrogens is 254 g/mol. The molecule has 1 rings (SSSR count). The van der Waals surface area contributed by atoms with Crippen molar-refractivity contribution < 1.29 is 17.4 Å². The van der Waals surface area contributed by atoms with Crippen molar-refractivity contribution in [3.63, 3.8) is 0 Å². The number of aryl methyl sites for hydroxylation is 1. The Labute approximate surface area is 107 Å². The first kappa shape index (κ1) is 14.6. The summed E-state index contributed by atoms with van der Waals surface area (Å²) in [5.74, 6) is 0. The van der Waals surface area contributed by atoms with E-state index in [4.69, 9.17) is 4.18 Å². The minimum absolute atomic E-state index is 0.0879. The van der Waals surface area contributed by atoms with E-state index >= 15 is 0 Å². The molecule has 0 saturated heterocycles. The van der Waals surface area contributed by atoms with E-state index < -0.39 is 10.1 Å². The lowest BCUT2D eigenvalue weighted by Crippen LogP contribution is -2.07. The van der Waals surface area contributed by atoms with Crippen LogP contribution in [0.4, 0.5) is 0 Å². The summed E-state index contributed by atoms with van der Waals surface area (Å²) in [6, 6.07) is 6.47. The number of isocyanates is 1. The van der Waals surface area contributed by atoms with Gasteiger partial charge in [0.1, 0.15) is 0 Å². The van der Waals surface area contributed by atoms with Gasteiger partial charge < -0.3 is 0 Å². The van der Waals surface area contributed by atoms with Crippen LogP contribution in [0.15, 0.2) is 34.2 Å². The predicted molar refractivity (Wildman–Crippen MR) is 66.5 cm³/mol. The Bertz CT molecular complexity index is 516. The van der Waals surface area contributed by atoms with E-state index in [0.29, 0.717) is 19.4 Å². The number of benzene rings is 1. The molecule has 0 aliphatic rings. The fourth-order valence-corrected chi connectivity index (χ4v) is 2.22. The van der Waals surface area contributed by atoms with Crippen LogP contribution in [0, 0.1) is 6.92 Å². The third-order valence-corrected chi connectivity index (χ3v) is 3.60. The van der Waals surface area contributed by atoms with Gasteiger partial charge in [-0.05, 0) is 31.9 Å². The Morgan fingerprint density at radius 3 is 2.50 bits per heavy atom. The third kappa shape index (κ3) is 4.79. The van der Waals surface area contributed by atoms with Gasteiger partial charge in [0.05, 0.1) is 18.0 Å². The van der Waals surface area contributed by atoms with Crippen molar-refractivity contribution in [2.24, 2.45) is 4.99 Å². The molecule has 0 saturated carbocycles. The number of carbonyl (C=O) groups excluding carboxylic acids is 1. The summed E-state index contributed by atoms with van der Waals surface area (Å²) in [4.78, 5) is 13.3. The van der Waals surface area contributed by atoms with Gasteiger partial charge in [-0.15, -0.1) is 0 Å². The number of rotatable bonds is 7. The lowest BCUT2D eigenvalue weighted by Gasteiger charge is -2.05. The maximum Gasteiger partial charge on any atom is 0.296 e. The summed E-state index contributed by atoms with van der Waals surface area (Å²) in [7, 11) is -3.68. The second-order valence-electron chi connectivity index (χ2n) is 3.77. The molecule has 0 heterocycles. The summed E-state index contributed by atoms with van der Waals surface area (Å²) in [6.07, 6.45) is 2.54. The minimum atomic E-state index is -3.68.